The van der Waals surface area contributed by atoms with Crippen LogP contribution in [0.1, 0.15) is 19.8 Å². The zero-order valence-electron chi connectivity index (χ0n) is 6.63. The summed E-state index contributed by atoms with van der Waals surface area (Å²) in [4.78, 5) is 15.0. The molecule has 0 aromatic rings. The minimum atomic E-state index is -0.295. The minimum Gasteiger partial charge on any atom is -0.381 e. The predicted octanol–water partition coefficient (Wildman–Crippen LogP) is 0.233. The molecule has 1 fully saturated rings. The van der Waals surface area contributed by atoms with Gasteiger partial charge in [0, 0.05) is 26.2 Å². The largest absolute Gasteiger partial charge is 0.381 e. The van der Waals surface area contributed by atoms with Gasteiger partial charge in [0.2, 0.25) is 0 Å². The Bertz CT molecular complexity index is 132. The van der Waals surface area contributed by atoms with Crippen molar-refractivity contribution in [3.05, 3.63) is 0 Å². The van der Waals surface area contributed by atoms with Gasteiger partial charge in [-0.3, -0.25) is 4.79 Å². The molecule has 0 spiro atoms. The Morgan fingerprint density at radius 1 is 1.55 bits per heavy atom. The molecular formula is C7H13NO3. The molecule has 1 N–H and O–H groups in total. The Balaban J connectivity index is 2.09. The van der Waals surface area contributed by atoms with Gasteiger partial charge in [-0.15, -0.1) is 5.48 Å². The van der Waals surface area contributed by atoms with Gasteiger partial charge in [-0.25, -0.2) is 0 Å². The van der Waals surface area contributed by atoms with Gasteiger partial charge < -0.3 is 9.57 Å². The molecule has 4 heteroatoms. The van der Waals surface area contributed by atoms with E-state index in [1.165, 1.54) is 6.92 Å². The van der Waals surface area contributed by atoms with E-state index in [0.29, 0.717) is 0 Å². The molecule has 0 amide bonds. The topological polar surface area (TPSA) is 47.6 Å². The smallest absolute Gasteiger partial charge is 0.321 e. The molecule has 64 valence electrons. The van der Waals surface area contributed by atoms with E-state index in [9.17, 15) is 4.79 Å². The highest BCUT2D eigenvalue weighted by Gasteiger charge is 2.13. The first-order valence-electron chi connectivity index (χ1n) is 3.79. The molecule has 0 atom stereocenters. The van der Waals surface area contributed by atoms with Crippen molar-refractivity contribution in [1.82, 2.24) is 5.48 Å². The summed E-state index contributed by atoms with van der Waals surface area (Å²) in [6.45, 7) is 2.88. The van der Waals surface area contributed by atoms with Crippen LogP contribution < -0.4 is 5.48 Å². The minimum absolute atomic E-state index is 0.271. The molecule has 4 nitrogen and oxygen atoms in total. The second kappa shape index (κ2) is 4.31. The average Bonchev–Trinajstić information content (AvgIpc) is 2.03. The van der Waals surface area contributed by atoms with Crippen molar-refractivity contribution >= 4 is 5.97 Å². The summed E-state index contributed by atoms with van der Waals surface area (Å²) in [5, 5.41) is 0. The molecule has 0 unspecified atom stereocenters. The molecule has 0 aromatic heterocycles. The van der Waals surface area contributed by atoms with Gasteiger partial charge in [-0.05, 0) is 12.8 Å². The molecule has 1 aliphatic heterocycles. The first kappa shape index (κ1) is 8.49. The van der Waals surface area contributed by atoms with E-state index >= 15 is 0 Å². The van der Waals surface area contributed by atoms with Crippen molar-refractivity contribution in [2.24, 2.45) is 0 Å². The molecule has 0 bridgehead atoms. The van der Waals surface area contributed by atoms with E-state index < -0.39 is 0 Å². The summed E-state index contributed by atoms with van der Waals surface area (Å²) >= 11 is 0. The SMILES string of the molecule is CC(=O)ONC1CCOCC1. The van der Waals surface area contributed by atoms with Crippen LogP contribution >= 0.6 is 0 Å². The van der Waals surface area contributed by atoms with Crippen molar-refractivity contribution in [2.45, 2.75) is 25.8 Å². The van der Waals surface area contributed by atoms with Crippen LogP contribution in [-0.2, 0) is 14.4 Å². The summed E-state index contributed by atoms with van der Waals surface area (Å²) < 4.78 is 5.13. The van der Waals surface area contributed by atoms with E-state index in [1.807, 2.05) is 0 Å². The van der Waals surface area contributed by atoms with Crippen molar-refractivity contribution in [1.29, 1.82) is 0 Å². The van der Waals surface area contributed by atoms with Crippen molar-refractivity contribution in [2.75, 3.05) is 13.2 Å². The van der Waals surface area contributed by atoms with Crippen LogP contribution in [0.15, 0.2) is 0 Å². The summed E-state index contributed by atoms with van der Waals surface area (Å²) in [7, 11) is 0. The van der Waals surface area contributed by atoms with Gasteiger partial charge in [0.25, 0.3) is 0 Å². The lowest BCUT2D eigenvalue weighted by Gasteiger charge is -2.21. The quantitative estimate of drug-likeness (QED) is 0.586. The van der Waals surface area contributed by atoms with Crippen LogP contribution in [0.25, 0.3) is 0 Å². The van der Waals surface area contributed by atoms with Crippen LogP contribution in [0, 0.1) is 0 Å². The van der Waals surface area contributed by atoms with Gasteiger partial charge in [-0.2, -0.15) is 0 Å². The highest BCUT2D eigenvalue weighted by Crippen LogP contribution is 2.05. The fraction of sp³-hybridized carbons (Fsp3) is 0.857. The number of carbonyl (C=O) groups excluding carboxylic acids is 1. The van der Waals surface area contributed by atoms with Crippen molar-refractivity contribution in [3.63, 3.8) is 0 Å². The van der Waals surface area contributed by atoms with E-state index in [1.54, 1.807) is 0 Å². The maximum Gasteiger partial charge on any atom is 0.321 e. The zero-order valence-corrected chi connectivity index (χ0v) is 6.63. The first-order chi connectivity index (χ1) is 5.29. The van der Waals surface area contributed by atoms with E-state index in [2.05, 4.69) is 10.3 Å². The highest BCUT2D eigenvalue weighted by molar-refractivity contribution is 5.65. The molecule has 1 saturated heterocycles. The van der Waals surface area contributed by atoms with Crippen LogP contribution in [0.5, 0.6) is 0 Å². The van der Waals surface area contributed by atoms with Gasteiger partial charge in [0.1, 0.15) is 0 Å². The van der Waals surface area contributed by atoms with Gasteiger partial charge >= 0.3 is 5.97 Å². The van der Waals surface area contributed by atoms with Crippen LogP contribution in [-0.4, -0.2) is 25.2 Å². The Morgan fingerprint density at radius 2 is 2.18 bits per heavy atom. The van der Waals surface area contributed by atoms with E-state index in [4.69, 9.17) is 4.74 Å². The number of hydrogen-bond acceptors (Lipinski definition) is 4. The monoisotopic (exact) mass is 159 g/mol. The molecule has 0 aromatic carbocycles. The second-order valence-electron chi connectivity index (χ2n) is 2.60. The Morgan fingerprint density at radius 3 is 2.73 bits per heavy atom. The van der Waals surface area contributed by atoms with Gasteiger partial charge in [0.15, 0.2) is 0 Å². The average molecular weight is 159 g/mol. The molecule has 0 saturated carbocycles. The second-order valence-corrected chi connectivity index (χ2v) is 2.60. The van der Waals surface area contributed by atoms with Crippen LogP contribution in [0.2, 0.25) is 0 Å². The third-order valence-corrected chi connectivity index (χ3v) is 1.59. The molecule has 11 heavy (non-hydrogen) atoms. The predicted molar refractivity (Wildman–Crippen MR) is 38.7 cm³/mol. The molecule has 0 radical (unpaired) electrons. The first-order valence-corrected chi connectivity index (χ1v) is 3.79. The number of hydrogen-bond donors (Lipinski definition) is 1. The third kappa shape index (κ3) is 3.34. The van der Waals surface area contributed by atoms with Crippen LogP contribution in [0.4, 0.5) is 0 Å². The lowest BCUT2D eigenvalue weighted by molar-refractivity contribution is -0.151. The summed E-state index contributed by atoms with van der Waals surface area (Å²) in [6.07, 6.45) is 1.82. The maximum absolute atomic E-state index is 10.4. The van der Waals surface area contributed by atoms with Crippen molar-refractivity contribution in [3.8, 4) is 0 Å². The lowest BCUT2D eigenvalue weighted by atomic mass is 10.1. The summed E-state index contributed by atoms with van der Waals surface area (Å²) in [6, 6.07) is 0.271. The summed E-state index contributed by atoms with van der Waals surface area (Å²) in [5.41, 5.74) is 2.69. The maximum atomic E-state index is 10.4. The molecule has 0 aliphatic carbocycles. The Kier molecular flexibility index (Phi) is 3.32. The number of hydroxylamine groups is 1. The van der Waals surface area contributed by atoms with E-state index in [0.717, 1.165) is 26.1 Å². The Hall–Kier alpha value is -0.610. The van der Waals surface area contributed by atoms with Crippen LogP contribution in [0.3, 0.4) is 0 Å². The zero-order chi connectivity index (χ0) is 8.10. The standard InChI is InChI=1S/C7H13NO3/c1-6(9)11-8-7-2-4-10-5-3-7/h7-8H,2-5H2,1H3. The number of nitrogens with one attached hydrogen (secondary N) is 1. The molecule has 1 aliphatic rings. The van der Waals surface area contributed by atoms with E-state index in [-0.39, 0.29) is 12.0 Å². The normalized spacial score (nSPS) is 19.7. The fourth-order valence-electron chi connectivity index (χ4n) is 0.982. The van der Waals surface area contributed by atoms with Gasteiger partial charge in [-0.1, -0.05) is 0 Å². The lowest BCUT2D eigenvalue weighted by Crippen LogP contribution is -2.35. The highest BCUT2D eigenvalue weighted by atomic mass is 16.7. The molecule has 1 rings (SSSR count). The van der Waals surface area contributed by atoms with Crippen molar-refractivity contribution < 1.29 is 14.4 Å². The molecular weight excluding hydrogens is 146 g/mol. The third-order valence-electron chi connectivity index (χ3n) is 1.59. The number of ether oxygens (including phenoxy) is 1. The molecule has 1 heterocycles. The fourth-order valence-corrected chi connectivity index (χ4v) is 0.982. The number of rotatable bonds is 2. The Labute approximate surface area is 65.8 Å². The summed E-state index contributed by atoms with van der Waals surface area (Å²) in [5.74, 6) is -0.295. The number of carbonyl (C=O) groups is 1. The van der Waals surface area contributed by atoms with Gasteiger partial charge in [0.05, 0.1) is 0 Å².